The highest BCUT2D eigenvalue weighted by molar-refractivity contribution is 8.00. The number of hydrogen-bond acceptors (Lipinski definition) is 5. The van der Waals surface area contributed by atoms with Crippen LogP contribution in [0.3, 0.4) is 0 Å². The number of nitrogens with zero attached hydrogens (tertiary/aromatic N) is 3. The van der Waals surface area contributed by atoms with Crippen molar-refractivity contribution in [1.29, 1.82) is 0 Å². The Bertz CT molecular complexity index is 958. The van der Waals surface area contributed by atoms with Crippen LogP contribution in [0.15, 0.2) is 59.8 Å². The first-order chi connectivity index (χ1) is 13.8. The van der Waals surface area contributed by atoms with Crippen molar-refractivity contribution in [2.24, 2.45) is 0 Å². The smallest absolute Gasteiger partial charge is 0.233 e. The topological polar surface area (TPSA) is 69.0 Å². The van der Waals surface area contributed by atoms with Crippen LogP contribution in [0.4, 0.5) is 0 Å². The summed E-state index contributed by atoms with van der Waals surface area (Å²) >= 11 is 1.48. The number of para-hydroxylation sites is 1. The van der Waals surface area contributed by atoms with Crippen molar-refractivity contribution < 1.29 is 9.53 Å². The van der Waals surface area contributed by atoms with E-state index in [1.807, 2.05) is 59.2 Å². The van der Waals surface area contributed by atoms with Crippen LogP contribution in [0.2, 0.25) is 0 Å². The molecule has 1 fully saturated rings. The molecule has 1 amide bonds. The maximum atomic E-state index is 12.4. The Balaban J connectivity index is 1.76. The molecule has 0 bridgehead atoms. The molecule has 7 heteroatoms. The molecule has 0 saturated carbocycles. The first kappa shape index (κ1) is 18.6. The summed E-state index contributed by atoms with van der Waals surface area (Å²) in [5, 5.41) is 12.4. The fourth-order valence-corrected chi connectivity index (χ4v) is 4.37. The number of benzene rings is 2. The lowest BCUT2D eigenvalue weighted by atomic mass is 10.2. The van der Waals surface area contributed by atoms with Crippen LogP contribution < -0.4 is 10.1 Å². The lowest BCUT2D eigenvalue weighted by Crippen LogP contribution is -2.30. The number of aromatic nitrogens is 3. The van der Waals surface area contributed by atoms with Gasteiger partial charge < -0.3 is 10.1 Å². The van der Waals surface area contributed by atoms with Crippen LogP contribution in [0.1, 0.15) is 19.3 Å². The van der Waals surface area contributed by atoms with E-state index in [-0.39, 0.29) is 11.2 Å². The summed E-state index contributed by atoms with van der Waals surface area (Å²) in [5.74, 6) is 1.56. The third-order valence-electron chi connectivity index (χ3n) is 4.71. The molecule has 0 spiro atoms. The highest BCUT2D eigenvalue weighted by atomic mass is 32.2. The van der Waals surface area contributed by atoms with E-state index in [1.165, 1.54) is 11.8 Å². The zero-order valence-corrected chi connectivity index (χ0v) is 16.5. The second-order valence-electron chi connectivity index (χ2n) is 6.60. The summed E-state index contributed by atoms with van der Waals surface area (Å²) in [6.45, 7) is 0.746. The van der Waals surface area contributed by atoms with Crippen LogP contribution in [0.5, 0.6) is 5.75 Å². The Morgan fingerprint density at radius 1 is 1.11 bits per heavy atom. The molecule has 28 heavy (non-hydrogen) atoms. The number of ether oxygens (including phenoxy) is 1. The molecule has 1 aromatic heterocycles. The van der Waals surface area contributed by atoms with Gasteiger partial charge in [-0.3, -0.25) is 9.36 Å². The Morgan fingerprint density at radius 3 is 2.79 bits per heavy atom. The molecule has 0 unspecified atom stereocenters. The summed E-state index contributed by atoms with van der Waals surface area (Å²) in [7, 11) is 1.65. The minimum Gasteiger partial charge on any atom is -0.497 e. The van der Waals surface area contributed by atoms with E-state index in [0.717, 1.165) is 48.6 Å². The van der Waals surface area contributed by atoms with Gasteiger partial charge in [-0.1, -0.05) is 48.5 Å². The van der Waals surface area contributed by atoms with E-state index >= 15 is 0 Å². The van der Waals surface area contributed by atoms with Crippen molar-refractivity contribution in [1.82, 2.24) is 20.1 Å². The molecule has 1 aliphatic rings. The molecule has 2 heterocycles. The Hall–Kier alpha value is -2.80. The number of methoxy groups -OCH3 is 1. The molecule has 1 aliphatic heterocycles. The Kier molecular flexibility index (Phi) is 5.62. The summed E-state index contributed by atoms with van der Waals surface area (Å²) in [6, 6.07) is 17.7. The van der Waals surface area contributed by atoms with Gasteiger partial charge in [0.25, 0.3) is 0 Å². The van der Waals surface area contributed by atoms with Crippen LogP contribution >= 0.6 is 11.8 Å². The molecule has 1 saturated heterocycles. The number of carbonyl (C=O) groups excluding carboxylic acids is 1. The molecule has 1 atom stereocenters. The van der Waals surface area contributed by atoms with Crippen molar-refractivity contribution >= 4 is 17.7 Å². The van der Waals surface area contributed by atoms with E-state index in [4.69, 9.17) is 4.74 Å². The van der Waals surface area contributed by atoms with Gasteiger partial charge in [0.05, 0.1) is 12.4 Å². The second-order valence-corrected chi connectivity index (χ2v) is 7.77. The van der Waals surface area contributed by atoms with E-state index in [1.54, 1.807) is 7.11 Å². The maximum absolute atomic E-state index is 12.4. The third-order valence-corrected chi connectivity index (χ3v) is 5.92. The number of rotatable bonds is 5. The molecule has 1 N–H and O–H groups in total. The molecule has 144 valence electrons. The van der Waals surface area contributed by atoms with E-state index in [9.17, 15) is 4.79 Å². The molecule has 0 radical (unpaired) electrons. The van der Waals surface area contributed by atoms with E-state index in [2.05, 4.69) is 15.5 Å². The highest BCUT2D eigenvalue weighted by Gasteiger charge is 2.26. The summed E-state index contributed by atoms with van der Waals surface area (Å²) in [4.78, 5) is 12.4. The zero-order valence-electron chi connectivity index (χ0n) is 15.7. The van der Waals surface area contributed by atoms with Crippen molar-refractivity contribution in [2.45, 2.75) is 29.7 Å². The van der Waals surface area contributed by atoms with Crippen molar-refractivity contribution in [3.8, 4) is 22.8 Å². The third kappa shape index (κ3) is 3.89. The number of carbonyl (C=O) groups is 1. The number of hydrogen-bond donors (Lipinski definition) is 1. The molecule has 0 aliphatic carbocycles. The monoisotopic (exact) mass is 394 g/mol. The van der Waals surface area contributed by atoms with Crippen molar-refractivity contribution in [2.75, 3.05) is 13.7 Å². The molecular formula is C21H22N4O2S. The number of thioether (sulfide) groups is 1. The van der Waals surface area contributed by atoms with Gasteiger partial charge in [0.15, 0.2) is 11.0 Å². The zero-order chi connectivity index (χ0) is 19.3. The van der Waals surface area contributed by atoms with Crippen molar-refractivity contribution in [3.05, 3.63) is 54.6 Å². The van der Waals surface area contributed by atoms with Gasteiger partial charge in [0.2, 0.25) is 5.91 Å². The molecular weight excluding hydrogens is 372 g/mol. The Morgan fingerprint density at radius 2 is 1.96 bits per heavy atom. The number of nitrogens with one attached hydrogen (secondary N) is 1. The van der Waals surface area contributed by atoms with Gasteiger partial charge in [0.1, 0.15) is 5.75 Å². The summed E-state index contributed by atoms with van der Waals surface area (Å²) in [5.41, 5.74) is 1.87. The minimum atomic E-state index is -0.160. The predicted octanol–water partition coefficient (Wildman–Crippen LogP) is 3.70. The number of amides is 1. The SMILES string of the molecule is COc1cccc(-c2nnc(S[C@H]3CCCCNC3=O)n2-c2ccccc2)c1. The normalized spacial score (nSPS) is 17.0. The summed E-state index contributed by atoms with van der Waals surface area (Å²) in [6.07, 6.45) is 2.88. The fraction of sp³-hybridized carbons (Fsp3) is 0.286. The van der Waals surface area contributed by atoms with Crippen LogP contribution in [-0.2, 0) is 4.79 Å². The Labute approximate surface area is 168 Å². The minimum absolute atomic E-state index is 0.0769. The molecule has 4 rings (SSSR count). The van der Waals surface area contributed by atoms with E-state index in [0.29, 0.717) is 5.16 Å². The van der Waals surface area contributed by atoms with Gasteiger partial charge in [-0.25, -0.2) is 0 Å². The van der Waals surface area contributed by atoms with Crippen molar-refractivity contribution in [3.63, 3.8) is 0 Å². The first-order valence-corrected chi connectivity index (χ1v) is 10.2. The summed E-state index contributed by atoms with van der Waals surface area (Å²) < 4.78 is 7.37. The first-order valence-electron chi connectivity index (χ1n) is 9.36. The van der Waals surface area contributed by atoms with Gasteiger partial charge in [-0.15, -0.1) is 10.2 Å². The lowest BCUT2D eigenvalue weighted by Gasteiger charge is -2.14. The molecule has 3 aromatic rings. The molecule has 6 nitrogen and oxygen atoms in total. The van der Waals surface area contributed by atoms with Crippen LogP contribution in [0, 0.1) is 0 Å². The fourth-order valence-electron chi connectivity index (χ4n) is 3.26. The van der Waals surface area contributed by atoms with Gasteiger partial charge >= 0.3 is 0 Å². The van der Waals surface area contributed by atoms with E-state index < -0.39 is 0 Å². The molecule has 2 aromatic carbocycles. The highest BCUT2D eigenvalue weighted by Crippen LogP contribution is 2.33. The average Bonchev–Trinajstić information content (AvgIpc) is 3.05. The quantitative estimate of drug-likeness (QED) is 0.715. The van der Waals surface area contributed by atoms with Gasteiger partial charge in [-0.05, 0) is 37.1 Å². The van der Waals surface area contributed by atoms with Gasteiger partial charge in [-0.2, -0.15) is 0 Å². The largest absolute Gasteiger partial charge is 0.497 e. The van der Waals surface area contributed by atoms with Gasteiger partial charge in [0, 0.05) is 17.8 Å². The lowest BCUT2D eigenvalue weighted by molar-refractivity contribution is -0.120. The second kappa shape index (κ2) is 8.48. The average molecular weight is 394 g/mol. The maximum Gasteiger partial charge on any atom is 0.233 e. The van der Waals surface area contributed by atoms with Crippen LogP contribution in [0.25, 0.3) is 17.1 Å². The standard InChI is InChI=1S/C21H22N4O2S/c1-27-17-11-7-8-15(14-17)19-23-24-21(25(19)16-9-3-2-4-10-16)28-18-12-5-6-13-22-20(18)26/h2-4,7-11,14,18H,5-6,12-13H2,1H3,(H,22,26)/t18-/m0/s1. The predicted molar refractivity (Wildman–Crippen MR) is 110 cm³/mol. The van der Waals surface area contributed by atoms with Crippen LogP contribution in [-0.4, -0.2) is 39.6 Å².